The average Bonchev–Trinajstić information content (AvgIpc) is 2.67. The average molecular weight is 492 g/mol. The van der Waals surface area contributed by atoms with Gasteiger partial charge in [-0.1, -0.05) is 33.6 Å². The first-order chi connectivity index (χ1) is 13.3. The van der Waals surface area contributed by atoms with E-state index in [0.717, 1.165) is 6.07 Å². The zero-order chi connectivity index (χ0) is 20.3. The van der Waals surface area contributed by atoms with E-state index in [1.54, 1.807) is 18.2 Å². The molecular formula is C18H17BrClFN2O4S. The van der Waals surface area contributed by atoms with Crippen LogP contribution in [0.15, 0.2) is 51.8 Å². The highest BCUT2D eigenvalue weighted by Crippen LogP contribution is 2.25. The van der Waals surface area contributed by atoms with Crippen LogP contribution >= 0.6 is 27.5 Å². The van der Waals surface area contributed by atoms with Crippen molar-refractivity contribution in [2.75, 3.05) is 32.8 Å². The maximum Gasteiger partial charge on any atom is 0.260 e. The van der Waals surface area contributed by atoms with Crippen LogP contribution in [0.5, 0.6) is 5.75 Å². The minimum absolute atomic E-state index is 0.0812. The lowest BCUT2D eigenvalue weighted by atomic mass is 10.3. The third kappa shape index (κ3) is 4.83. The van der Waals surface area contributed by atoms with Crippen molar-refractivity contribution in [2.45, 2.75) is 4.90 Å². The van der Waals surface area contributed by atoms with Crippen LogP contribution in [0.25, 0.3) is 0 Å². The summed E-state index contributed by atoms with van der Waals surface area (Å²) in [6.07, 6.45) is 0. The Balaban J connectivity index is 1.56. The van der Waals surface area contributed by atoms with Crippen LogP contribution in [-0.4, -0.2) is 56.3 Å². The zero-order valence-electron chi connectivity index (χ0n) is 14.6. The Kier molecular flexibility index (Phi) is 6.59. The first-order valence-corrected chi connectivity index (χ1v) is 11.0. The molecule has 1 saturated heterocycles. The van der Waals surface area contributed by atoms with Crippen LogP contribution in [-0.2, 0) is 14.8 Å². The molecule has 0 bridgehead atoms. The summed E-state index contributed by atoms with van der Waals surface area (Å²) in [4.78, 5) is 14.1. The molecule has 0 atom stereocenters. The fourth-order valence-corrected chi connectivity index (χ4v) is 5.02. The minimum Gasteiger partial charge on any atom is -0.482 e. The second-order valence-electron chi connectivity index (χ2n) is 6.11. The second kappa shape index (κ2) is 8.77. The van der Waals surface area contributed by atoms with Gasteiger partial charge in [-0.25, -0.2) is 12.8 Å². The number of hydrogen-bond acceptors (Lipinski definition) is 4. The Morgan fingerprint density at radius 2 is 1.86 bits per heavy atom. The van der Waals surface area contributed by atoms with E-state index >= 15 is 0 Å². The van der Waals surface area contributed by atoms with Gasteiger partial charge in [0.2, 0.25) is 10.0 Å². The number of piperazine rings is 1. The summed E-state index contributed by atoms with van der Waals surface area (Å²) in [7, 11) is -3.62. The SMILES string of the molecule is O=C(COc1ccc(F)cc1Cl)N1CCN(S(=O)(=O)c2cccc(Br)c2)CC1. The molecule has 1 aliphatic heterocycles. The van der Waals surface area contributed by atoms with Gasteiger partial charge in [-0.15, -0.1) is 0 Å². The van der Waals surface area contributed by atoms with Gasteiger partial charge in [-0.2, -0.15) is 4.31 Å². The van der Waals surface area contributed by atoms with E-state index < -0.39 is 15.8 Å². The van der Waals surface area contributed by atoms with Crippen LogP contribution < -0.4 is 4.74 Å². The Morgan fingerprint density at radius 1 is 1.14 bits per heavy atom. The van der Waals surface area contributed by atoms with Gasteiger partial charge in [0, 0.05) is 30.7 Å². The van der Waals surface area contributed by atoms with Crippen molar-refractivity contribution in [3.63, 3.8) is 0 Å². The van der Waals surface area contributed by atoms with E-state index in [2.05, 4.69) is 15.9 Å². The summed E-state index contributed by atoms with van der Waals surface area (Å²) in [6, 6.07) is 10.2. The summed E-state index contributed by atoms with van der Waals surface area (Å²) in [5, 5.41) is 0.0812. The Hall–Kier alpha value is -1.68. The number of carbonyl (C=O) groups is 1. The van der Waals surface area contributed by atoms with E-state index in [0.29, 0.717) is 4.47 Å². The quantitative estimate of drug-likeness (QED) is 0.644. The highest BCUT2D eigenvalue weighted by atomic mass is 79.9. The van der Waals surface area contributed by atoms with Crippen LogP contribution in [0.3, 0.4) is 0 Å². The number of ether oxygens (including phenoxy) is 1. The molecule has 2 aromatic rings. The van der Waals surface area contributed by atoms with Crippen molar-refractivity contribution in [1.29, 1.82) is 0 Å². The lowest BCUT2D eigenvalue weighted by Gasteiger charge is -2.34. The van der Waals surface area contributed by atoms with Gasteiger partial charge in [0.05, 0.1) is 9.92 Å². The normalized spacial score (nSPS) is 15.5. The van der Waals surface area contributed by atoms with Crippen LogP contribution in [0, 0.1) is 5.82 Å². The lowest BCUT2D eigenvalue weighted by Crippen LogP contribution is -2.51. The predicted octanol–water partition coefficient (Wildman–Crippen LogP) is 3.15. The highest BCUT2D eigenvalue weighted by molar-refractivity contribution is 9.10. The molecule has 0 saturated carbocycles. The van der Waals surface area contributed by atoms with Crippen molar-refractivity contribution in [1.82, 2.24) is 9.21 Å². The molecule has 0 aliphatic carbocycles. The maximum atomic E-state index is 13.0. The van der Waals surface area contributed by atoms with Gasteiger partial charge in [0.25, 0.3) is 5.91 Å². The van der Waals surface area contributed by atoms with Gasteiger partial charge >= 0.3 is 0 Å². The predicted molar refractivity (Wildman–Crippen MR) is 106 cm³/mol. The van der Waals surface area contributed by atoms with E-state index in [4.69, 9.17) is 16.3 Å². The molecule has 2 aromatic carbocycles. The molecule has 0 aromatic heterocycles. The number of amides is 1. The van der Waals surface area contributed by atoms with Crippen LogP contribution in [0.2, 0.25) is 5.02 Å². The third-order valence-corrected chi connectivity index (χ3v) is 6.95. The number of sulfonamides is 1. The standard InChI is InChI=1S/C18H17BrClFN2O4S/c19-13-2-1-3-15(10-13)28(25,26)23-8-6-22(7-9-23)18(24)12-27-17-5-4-14(21)11-16(17)20/h1-5,10-11H,6-9,12H2. The summed E-state index contributed by atoms with van der Waals surface area (Å²) >= 11 is 9.14. The van der Waals surface area contributed by atoms with Gasteiger partial charge < -0.3 is 9.64 Å². The molecule has 150 valence electrons. The van der Waals surface area contributed by atoms with Crippen molar-refractivity contribution >= 4 is 43.5 Å². The molecule has 1 aliphatic rings. The lowest BCUT2D eigenvalue weighted by molar-refractivity contribution is -0.134. The molecule has 6 nitrogen and oxygen atoms in total. The molecular weight excluding hydrogens is 475 g/mol. The molecule has 1 fully saturated rings. The molecule has 28 heavy (non-hydrogen) atoms. The Morgan fingerprint density at radius 3 is 2.50 bits per heavy atom. The summed E-state index contributed by atoms with van der Waals surface area (Å²) in [5.41, 5.74) is 0. The number of rotatable bonds is 5. The first-order valence-electron chi connectivity index (χ1n) is 8.39. The Bertz CT molecular complexity index is 981. The number of halogens is 3. The molecule has 0 N–H and O–H groups in total. The van der Waals surface area contributed by atoms with Crippen molar-refractivity contribution in [2.24, 2.45) is 0 Å². The Labute approximate surface area is 176 Å². The van der Waals surface area contributed by atoms with Gasteiger partial charge in [-0.3, -0.25) is 4.79 Å². The summed E-state index contributed by atoms with van der Waals surface area (Å²) < 4.78 is 45.9. The number of carbonyl (C=O) groups excluding carboxylic acids is 1. The smallest absolute Gasteiger partial charge is 0.260 e. The monoisotopic (exact) mass is 490 g/mol. The summed E-state index contributed by atoms with van der Waals surface area (Å²) in [5.74, 6) is -0.571. The molecule has 3 rings (SSSR count). The van der Waals surface area contributed by atoms with E-state index in [-0.39, 0.29) is 54.4 Å². The van der Waals surface area contributed by atoms with Gasteiger partial charge in [-0.05, 0) is 36.4 Å². The van der Waals surface area contributed by atoms with Crippen molar-refractivity contribution in [3.05, 3.63) is 57.8 Å². The van der Waals surface area contributed by atoms with E-state index in [9.17, 15) is 17.6 Å². The molecule has 0 spiro atoms. The largest absolute Gasteiger partial charge is 0.482 e. The van der Waals surface area contributed by atoms with Crippen molar-refractivity contribution < 1.29 is 22.3 Å². The molecule has 0 radical (unpaired) electrons. The van der Waals surface area contributed by atoms with Gasteiger partial charge in [0.1, 0.15) is 11.6 Å². The fourth-order valence-electron chi connectivity index (χ4n) is 2.78. The molecule has 1 heterocycles. The minimum atomic E-state index is -3.62. The third-order valence-electron chi connectivity index (χ3n) is 4.27. The van der Waals surface area contributed by atoms with Gasteiger partial charge in [0.15, 0.2) is 6.61 Å². The topological polar surface area (TPSA) is 66.9 Å². The number of hydrogen-bond donors (Lipinski definition) is 0. The molecule has 10 heteroatoms. The maximum absolute atomic E-state index is 13.0. The first kappa shape index (κ1) is 21.0. The van der Waals surface area contributed by atoms with E-state index in [1.165, 1.54) is 27.4 Å². The van der Waals surface area contributed by atoms with E-state index in [1.807, 2.05) is 0 Å². The summed E-state index contributed by atoms with van der Waals surface area (Å²) in [6.45, 7) is 0.638. The second-order valence-corrected chi connectivity index (χ2v) is 9.37. The van der Waals surface area contributed by atoms with Crippen LogP contribution in [0.4, 0.5) is 4.39 Å². The van der Waals surface area contributed by atoms with Crippen molar-refractivity contribution in [3.8, 4) is 5.75 Å². The zero-order valence-corrected chi connectivity index (χ0v) is 17.8. The fraction of sp³-hybridized carbons (Fsp3) is 0.278. The molecule has 1 amide bonds. The number of nitrogens with zero attached hydrogens (tertiary/aromatic N) is 2. The molecule has 0 unspecified atom stereocenters. The number of benzene rings is 2. The highest BCUT2D eigenvalue weighted by Gasteiger charge is 2.30. The van der Waals surface area contributed by atoms with Crippen LogP contribution in [0.1, 0.15) is 0 Å².